The zero-order chi connectivity index (χ0) is 15.4. The summed E-state index contributed by atoms with van der Waals surface area (Å²) in [6, 6.07) is 2.98. The molecule has 0 spiro atoms. The highest BCUT2D eigenvalue weighted by molar-refractivity contribution is 5.93. The standard InChI is InChI=1S/C13H12N4O4/c1-8-5-14-3-2-9(8)6-15-12-4-10(13(18)19)11(7-16-12)17(20)21/h2-5,7H,6H2,1H3,(H,15,16)(H,18,19). The summed E-state index contributed by atoms with van der Waals surface area (Å²) in [5, 5.41) is 22.7. The molecule has 0 radical (unpaired) electrons. The van der Waals surface area contributed by atoms with Crippen LogP contribution in [0.5, 0.6) is 0 Å². The topological polar surface area (TPSA) is 118 Å². The molecule has 2 rings (SSSR count). The summed E-state index contributed by atoms with van der Waals surface area (Å²) in [5.74, 6) is -1.11. The third-order valence-corrected chi connectivity index (χ3v) is 2.91. The molecular formula is C13H12N4O4. The average Bonchev–Trinajstić information content (AvgIpc) is 2.46. The van der Waals surface area contributed by atoms with Crippen LogP contribution >= 0.6 is 0 Å². The number of hydrogen-bond acceptors (Lipinski definition) is 6. The van der Waals surface area contributed by atoms with Gasteiger partial charge in [-0.1, -0.05) is 0 Å². The first-order chi connectivity index (χ1) is 9.99. The Hall–Kier alpha value is -3.03. The van der Waals surface area contributed by atoms with Crippen LogP contribution in [0, 0.1) is 17.0 Å². The summed E-state index contributed by atoms with van der Waals surface area (Å²) in [4.78, 5) is 28.8. The van der Waals surface area contributed by atoms with Crippen molar-refractivity contribution >= 4 is 17.5 Å². The maximum atomic E-state index is 11.0. The van der Waals surface area contributed by atoms with Crippen molar-refractivity contribution in [1.29, 1.82) is 0 Å². The molecule has 2 heterocycles. The van der Waals surface area contributed by atoms with Crippen LogP contribution < -0.4 is 5.32 Å². The van der Waals surface area contributed by atoms with E-state index in [1.807, 2.05) is 13.0 Å². The fourth-order valence-corrected chi connectivity index (χ4v) is 1.75. The Morgan fingerprint density at radius 3 is 2.86 bits per heavy atom. The van der Waals surface area contributed by atoms with Gasteiger partial charge in [0.1, 0.15) is 17.6 Å². The van der Waals surface area contributed by atoms with Gasteiger partial charge in [-0.2, -0.15) is 0 Å². The van der Waals surface area contributed by atoms with Gasteiger partial charge in [0.15, 0.2) is 0 Å². The van der Waals surface area contributed by atoms with Crippen LogP contribution in [-0.4, -0.2) is 26.0 Å². The van der Waals surface area contributed by atoms with Crippen LogP contribution in [-0.2, 0) is 6.54 Å². The van der Waals surface area contributed by atoms with E-state index in [1.54, 1.807) is 12.4 Å². The highest BCUT2D eigenvalue weighted by Crippen LogP contribution is 2.20. The first-order valence-electron chi connectivity index (χ1n) is 6.00. The van der Waals surface area contributed by atoms with E-state index in [-0.39, 0.29) is 5.82 Å². The Labute approximate surface area is 119 Å². The summed E-state index contributed by atoms with van der Waals surface area (Å²) in [6.45, 7) is 2.31. The van der Waals surface area contributed by atoms with Gasteiger partial charge in [-0.05, 0) is 24.1 Å². The van der Waals surface area contributed by atoms with Crippen LogP contribution in [0.3, 0.4) is 0 Å². The number of nitrogens with one attached hydrogen (secondary N) is 1. The predicted molar refractivity (Wildman–Crippen MR) is 74.2 cm³/mol. The molecule has 0 bridgehead atoms. The molecule has 8 nitrogen and oxygen atoms in total. The first kappa shape index (κ1) is 14.4. The third kappa shape index (κ3) is 3.30. The van der Waals surface area contributed by atoms with Gasteiger partial charge in [0.05, 0.1) is 4.92 Å². The molecule has 21 heavy (non-hydrogen) atoms. The molecule has 0 aliphatic carbocycles. The number of rotatable bonds is 5. The second-order valence-corrected chi connectivity index (χ2v) is 4.30. The SMILES string of the molecule is Cc1cnccc1CNc1cc(C(=O)O)c([N+](=O)[O-])cn1. The normalized spacial score (nSPS) is 10.1. The van der Waals surface area contributed by atoms with Gasteiger partial charge in [0, 0.05) is 25.0 Å². The van der Waals surface area contributed by atoms with Crippen LogP contribution in [0.1, 0.15) is 21.5 Å². The van der Waals surface area contributed by atoms with Gasteiger partial charge in [0.25, 0.3) is 0 Å². The van der Waals surface area contributed by atoms with Crippen molar-refractivity contribution in [3.8, 4) is 0 Å². The molecule has 0 saturated carbocycles. The van der Waals surface area contributed by atoms with E-state index in [4.69, 9.17) is 5.11 Å². The van der Waals surface area contributed by atoms with E-state index in [0.29, 0.717) is 6.54 Å². The number of nitrogens with zero attached hydrogens (tertiary/aromatic N) is 3. The molecule has 0 amide bonds. The Balaban J connectivity index is 2.22. The van der Waals surface area contributed by atoms with Crippen LogP contribution in [0.4, 0.5) is 11.5 Å². The minimum Gasteiger partial charge on any atom is -0.477 e. The fourth-order valence-electron chi connectivity index (χ4n) is 1.75. The Morgan fingerprint density at radius 2 is 2.24 bits per heavy atom. The molecule has 2 aromatic rings. The molecule has 0 aromatic carbocycles. The number of hydrogen-bond donors (Lipinski definition) is 2. The Bertz CT molecular complexity index is 702. The summed E-state index contributed by atoms with van der Waals surface area (Å²) in [7, 11) is 0. The van der Waals surface area contributed by atoms with Crippen molar-refractivity contribution in [3.05, 3.63) is 57.5 Å². The lowest BCUT2D eigenvalue weighted by Gasteiger charge is -2.08. The molecule has 0 atom stereocenters. The van der Waals surface area contributed by atoms with Gasteiger partial charge in [0.2, 0.25) is 0 Å². The molecule has 108 valence electrons. The fraction of sp³-hybridized carbons (Fsp3) is 0.154. The number of aromatic nitrogens is 2. The van der Waals surface area contributed by atoms with Gasteiger partial charge >= 0.3 is 11.7 Å². The minimum absolute atomic E-state index is 0.259. The van der Waals surface area contributed by atoms with Gasteiger partial charge in [-0.15, -0.1) is 0 Å². The van der Waals surface area contributed by atoms with Crippen molar-refractivity contribution < 1.29 is 14.8 Å². The third-order valence-electron chi connectivity index (χ3n) is 2.91. The summed E-state index contributed by atoms with van der Waals surface area (Å²) >= 11 is 0. The van der Waals surface area contributed by atoms with Crippen molar-refractivity contribution in [2.45, 2.75) is 13.5 Å². The second-order valence-electron chi connectivity index (χ2n) is 4.30. The molecule has 2 aromatic heterocycles. The summed E-state index contributed by atoms with van der Waals surface area (Å²) in [5.41, 5.74) is 1.02. The largest absolute Gasteiger partial charge is 0.477 e. The number of carboxylic acids is 1. The van der Waals surface area contributed by atoms with Gasteiger partial charge in [-0.3, -0.25) is 15.1 Å². The van der Waals surface area contributed by atoms with Crippen molar-refractivity contribution in [3.63, 3.8) is 0 Å². The molecule has 0 saturated heterocycles. The number of aryl methyl sites for hydroxylation is 1. The van der Waals surface area contributed by atoms with E-state index in [1.165, 1.54) is 0 Å². The number of anilines is 1. The Morgan fingerprint density at radius 1 is 1.48 bits per heavy atom. The smallest absolute Gasteiger partial charge is 0.342 e. The first-order valence-corrected chi connectivity index (χ1v) is 6.00. The van der Waals surface area contributed by atoms with E-state index >= 15 is 0 Å². The zero-order valence-electron chi connectivity index (χ0n) is 11.1. The highest BCUT2D eigenvalue weighted by atomic mass is 16.6. The Kier molecular flexibility index (Phi) is 4.07. The molecule has 0 aliphatic rings. The van der Waals surface area contributed by atoms with Gasteiger partial charge in [-0.25, -0.2) is 9.78 Å². The van der Waals surface area contributed by atoms with Crippen molar-refractivity contribution in [2.24, 2.45) is 0 Å². The number of carboxylic acid groups (broad SMARTS) is 1. The zero-order valence-corrected chi connectivity index (χ0v) is 11.1. The van der Waals surface area contributed by atoms with Crippen molar-refractivity contribution in [2.75, 3.05) is 5.32 Å². The van der Waals surface area contributed by atoms with Crippen LogP contribution in [0.15, 0.2) is 30.7 Å². The highest BCUT2D eigenvalue weighted by Gasteiger charge is 2.20. The van der Waals surface area contributed by atoms with Crippen molar-refractivity contribution in [1.82, 2.24) is 9.97 Å². The summed E-state index contributed by atoms with van der Waals surface area (Å²) < 4.78 is 0. The molecular weight excluding hydrogens is 276 g/mol. The van der Waals surface area contributed by atoms with E-state index < -0.39 is 22.1 Å². The molecule has 0 unspecified atom stereocenters. The average molecular weight is 288 g/mol. The van der Waals surface area contributed by atoms with Gasteiger partial charge < -0.3 is 10.4 Å². The number of nitro groups is 1. The minimum atomic E-state index is -1.37. The number of aromatic carboxylic acids is 1. The predicted octanol–water partition coefficient (Wildman–Crippen LogP) is 2.00. The maximum absolute atomic E-state index is 11.0. The monoisotopic (exact) mass is 288 g/mol. The number of pyridine rings is 2. The van der Waals surface area contributed by atoms with E-state index in [0.717, 1.165) is 23.4 Å². The van der Waals surface area contributed by atoms with Crippen LogP contribution in [0.2, 0.25) is 0 Å². The molecule has 2 N–H and O–H groups in total. The second kappa shape index (κ2) is 5.95. The lowest BCUT2D eigenvalue weighted by molar-refractivity contribution is -0.385. The molecule has 8 heteroatoms. The molecule has 0 aliphatic heterocycles. The van der Waals surface area contributed by atoms with E-state index in [2.05, 4.69) is 15.3 Å². The lowest BCUT2D eigenvalue weighted by Crippen LogP contribution is -2.07. The van der Waals surface area contributed by atoms with Crippen LogP contribution in [0.25, 0.3) is 0 Å². The maximum Gasteiger partial charge on any atom is 0.342 e. The van der Waals surface area contributed by atoms with E-state index in [9.17, 15) is 14.9 Å². The lowest BCUT2D eigenvalue weighted by atomic mass is 10.1. The summed E-state index contributed by atoms with van der Waals surface area (Å²) in [6.07, 6.45) is 4.30. The molecule has 0 fully saturated rings. The quantitative estimate of drug-likeness (QED) is 0.638. The number of carbonyl (C=O) groups is 1.